The summed E-state index contributed by atoms with van der Waals surface area (Å²) in [6.45, 7) is 10.1. The molecule has 14 heteroatoms. The van der Waals surface area contributed by atoms with E-state index in [0.29, 0.717) is 51.3 Å². The Kier molecular flexibility index (Phi) is 7.95. The molecule has 3 aliphatic carbocycles. The number of benzene rings is 1. The third-order valence-corrected chi connectivity index (χ3v) is 12.6. The van der Waals surface area contributed by atoms with Gasteiger partial charge in [0.2, 0.25) is 0 Å². The number of aliphatic hydroxyl groups is 1. The van der Waals surface area contributed by atoms with E-state index in [1.165, 1.54) is 28.4 Å². The minimum absolute atomic E-state index is 0.00411. The average molecular weight is 694 g/mol. The van der Waals surface area contributed by atoms with Crippen LogP contribution in [0.25, 0.3) is 0 Å². The zero-order valence-electron chi connectivity index (χ0n) is 27.2. The van der Waals surface area contributed by atoms with Crippen molar-refractivity contribution in [3.05, 3.63) is 57.3 Å². The van der Waals surface area contributed by atoms with Crippen molar-refractivity contribution in [2.75, 3.05) is 26.3 Å². The van der Waals surface area contributed by atoms with Crippen LogP contribution in [-0.4, -0.2) is 92.4 Å². The number of nitrogens with one attached hydrogen (secondary N) is 1. The van der Waals surface area contributed by atoms with E-state index in [1.54, 1.807) is 0 Å². The monoisotopic (exact) mass is 693 g/mol. The molecular weight excluding hydrogens is 651 g/mol. The first-order chi connectivity index (χ1) is 22.5. The van der Waals surface area contributed by atoms with Gasteiger partial charge in [0.25, 0.3) is 0 Å². The number of carboxylic acid groups (broad SMARTS) is 1. The van der Waals surface area contributed by atoms with Crippen molar-refractivity contribution in [2.24, 2.45) is 10.4 Å². The predicted octanol–water partition coefficient (Wildman–Crippen LogP) is 5.66. The molecule has 2 saturated heterocycles. The van der Waals surface area contributed by atoms with Crippen molar-refractivity contribution in [1.82, 2.24) is 20.6 Å². The largest absolute Gasteiger partial charge is 0.479 e. The molecule has 7 rings (SSSR count). The summed E-state index contributed by atoms with van der Waals surface area (Å²) in [5.41, 5.74) is 0.860. The lowest BCUT2D eigenvalue weighted by Gasteiger charge is -2.46. The number of alkyl halides is 3. The minimum Gasteiger partial charge on any atom is -0.479 e. The maximum atomic E-state index is 14.5. The fourth-order valence-corrected chi connectivity index (χ4v) is 9.07. The van der Waals surface area contributed by atoms with Gasteiger partial charge in [-0.1, -0.05) is 29.8 Å². The predicted molar refractivity (Wildman–Crippen MR) is 171 cm³/mol. The maximum absolute atomic E-state index is 14.5. The summed E-state index contributed by atoms with van der Waals surface area (Å²) in [6.07, 6.45) is -1.43. The second-order valence-electron chi connectivity index (χ2n) is 15.2. The number of rotatable bonds is 8. The van der Waals surface area contributed by atoms with Crippen LogP contribution in [-0.2, 0) is 14.9 Å². The van der Waals surface area contributed by atoms with Crippen molar-refractivity contribution < 1.29 is 38.1 Å². The SMILES string of the molecule is C=N[C@]1(C(=O)O)CC=C(C2(C)NN(C(O)c3c(Cl)cccc3C3(C(F)(F)F)CC3)C3=C2CC[C@@](C)(N(O)N2CCC4(COC4)C2)C3)CC1. The van der Waals surface area contributed by atoms with Crippen LogP contribution in [0, 0.1) is 5.41 Å². The molecule has 0 radical (unpaired) electrons. The molecular formula is C34H43ClF3N5O5. The quantitative estimate of drug-likeness (QED) is 0.155. The highest BCUT2D eigenvalue weighted by Crippen LogP contribution is 2.61. The summed E-state index contributed by atoms with van der Waals surface area (Å²) in [6, 6.07) is 4.38. The molecule has 3 aliphatic heterocycles. The van der Waals surface area contributed by atoms with Crippen LogP contribution in [0.4, 0.5) is 13.2 Å². The zero-order valence-corrected chi connectivity index (χ0v) is 28.0. The Labute approximate surface area is 282 Å². The molecule has 0 bridgehead atoms. The van der Waals surface area contributed by atoms with E-state index in [4.69, 9.17) is 16.3 Å². The normalized spacial score (nSPS) is 33.4. The molecule has 262 valence electrons. The number of aliphatic imine (C=N–C) groups is 1. The lowest BCUT2D eigenvalue weighted by Crippen LogP contribution is -2.56. The van der Waals surface area contributed by atoms with Crippen molar-refractivity contribution in [3.63, 3.8) is 0 Å². The number of ether oxygens (including phenoxy) is 1. The highest BCUT2D eigenvalue weighted by molar-refractivity contribution is 6.31. The first kappa shape index (κ1) is 34.0. The molecule has 0 amide bonds. The number of aliphatic hydroxyl groups excluding tert-OH is 1. The van der Waals surface area contributed by atoms with Crippen LogP contribution in [0.2, 0.25) is 5.02 Å². The number of hydroxylamine groups is 1. The molecule has 3 fully saturated rings. The molecule has 1 spiro atoms. The Bertz CT molecular complexity index is 1590. The maximum Gasteiger partial charge on any atom is 0.398 e. The summed E-state index contributed by atoms with van der Waals surface area (Å²) >= 11 is 6.65. The Morgan fingerprint density at radius 3 is 2.44 bits per heavy atom. The molecule has 1 aromatic rings. The average Bonchev–Trinajstić information content (AvgIpc) is 3.65. The molecule has 2 unspecified atom stereocenters. The number of halogens is 4. The van der Waals surface area contributed by atoms with Crippen LogP contribution in [0.3, 0.4) is 0 Å². The molecule has 0 aromatic heterocycles. The van der Waals surface area contributed by atoms with Gasteiger partial charge in [0, 0.05) is 47.6 Å². The summed E-state index contributed by atoms with van der Waals surface area (Å²) < 4.78 is 48.9. The highest BCUT2D eigenvalue weighted by Gasteiger charge is 2.65. The van der Waals surface area contributed by atoms with Crippen molar-refractivity contribution in [1.29, 1.82) is 0 Å². The topological polar surface area (TPSA) is 121 Å². The van der Waals surface area contributed by atoms with Crippen molar-refractivity contribution >= 4 is 24.3 Å². The number of hydrogen-bond donors (Lipinski definition) is 4. The van der Waals surface area contributed by atoms with Crippen LogP contribution in [0.5, 0.6) is 0 Å². The molecule has 3 heterocycles. The second-order valence-corrected chi connectivity index (χ2v) is 15.6. The lowest BCUT2D eigenvalue weighted by atomic mass is 9.70. The third kappa shape index (κ3) is 4.98. The van der Waals surface area contributed by atoms with Gasteiger partial charge in [0.05, 0.1) is 29.7 Å². The van der Waals surface area contributed by atoms with Crippen LogP contribution in [0.1, 0.15) is 89.0 Å². The number of carbonyl (C=O) groups is 1. The molecule has 4 N–H and O–H groups in total. The molecule has 48 heavy (non-hydrogen) atoms. The highest BCUT2D eigenvalue weighted by atomic mass is 35.5. The summed E-state index contributed by atoms with van der Waals surface area (Å²) in [5.74, 6) is -1.05. The summed E-state index contributed by atoms with van der Waals surface area (Å²) in [7, 11) is 0. The van der Waals surface area contributed by atoms with Crippen molar-refractivity contribution in [2.45, 2.75) is 106 Å². The van der Waals surface area contributed by atoms with Gasteiger partial charge in [0.15, 0.2) is 11.8 Å². The fourth-order valence-electron chi connectivity index (χ4n) is 8.80. The van der Waals surface area contributed by atoms with Gasteiger partial charge >= 0.3 is 12.1 Å². The molecule has 1 aromatic carbocycles. The summed E-state index contributed by atoms with van der Waals surface area (Å²) in [4.78, 5) is 16.1. The Balaban J connectivity index is 1.27. The van der Waals surface area contributed by atoms with Gasteiger partial charge in [0.1, 0.15) is 0 Å². The van der Waals surface area contributed by atoms with E-state index in [-0.39, 0.29) is 53.7 Å². The first-order valence-corrected chi connectivity index (χ1v) is 17.0. The number of aliphatic carboxylic acids is 1. The van der Waals surface area contributed by atoms with Gasteiger partial charge in [-0.05, 0) is 88.3 Å². The van der Waals surface area contributed by atoms with E-state index in [9.17, 15) is 33.4 Å². The fraction of sp³-hybridized carbons (Fsp3) is 0.647. The van der Waals surface area contributed by atoms with Gasteiger partial charge < -0.3 is 14.9 Å². The first-order valence-electron chi connectivity index (χ1n) is 16.6. The van der Waals surface area contributed by atoms with Crippen molar-refractivity contribution in [3.8, 4) is 0 Å². The Hall–Kier alpha value is -2.52. The number of nitrogens with zero attached hydrogens (tertiary/aromatic N) is 4. The molecule has 1 saturated carbocycles. The number of hydrazine groups is 2. The molecule has 6 aliphatic rings. The van der Waals surface area contributed by atoms with Gasteiger partial charge in [-0.15, -0.1) is 5.17 Å². The standard InChI is InChI=1S/C34H43ClF3N5O5/c1-29(43(47)41-16-15-31(18-41)19-48-20-31)10-9-22-25(17-29)42(40-30(22,2)21-7-11-33(39-3,12-8-21)28(45)46)27(44)26-23(5-4-6-24(26)35)32(13-14-32)34(36,37)38/h4-7,27,40,44,47H,3,8-20H2,1-2H3,(H,45,46)/t27?,29-,30?,33-/m1/s1. The minimum atomic E-state index is -4.52. The van der Waals surface area contributed by atoms with Crippen LogP contribution >= 0.6 is 11.6 Å². The third-order valence-electron chi connectivity index (χ3n) is 12.2. The van der Waals surface area contributed by atoms with Gasteiger partial charge in [-0.25, -0.2) is 15.2 Å². The van der Waals surface area contributed by atoms with Gasteiger partial charge in [-0.3, -0.25) is 15.2 Å². The Morgan fingerprint density at radius 2 is 1.90 bits per heavy atom. The summed E-state index contributed by atoms with van der Waals surface area (Å²) in [5, 5.41) is 38.6. The second kappa shape index (κ2) is 11.2. The molecule has 4 atom stereocenters. The van der Waals surface area contributed by atoms with E-state index in [2.05, 4.69) is 17.1 Å². The molecule has 10 nitrogen and oxygen atoms in total. The van der Waals surface area contributed by atoms with E-state index in [1.807, 2.05) is 24.9 Å². The number of hydrogen-bond acceptors (Lipinski definition) is 9. The lowest BCUT2D eigenvalue weighted by molar-refractivity contribution is -0.303. The zero-order chi connectivity index (χ0) is 34.5. The van der Waals surface area contributed by atoms with E-state index >= 15 is 0 Å². The van der Waals surface area contributed by atoms with Crippen LogP contribution < -0.4 is 5.43 Å². The van der Waals surface area contributed by atoms with E-state index < -0.39 is 40.4 Å². The number of carboxylic acids is 1. The van der Waals surface area contributed by atoms with Crippen LogP contribution in [0.15, 0.2) is 46.1 Å². The van der Waals surface area contributed by atoms with E-state index in [0.717, 1.165) is 17.6 Å². The Morgan fingerprint density at radius 1 is 1.17 bits per heavy atom. The smallest absolute Gasteiger partial charge is 0.398 e. The van der Waals surface area contributed by atoms with Gasteiger partial charge in [-0.2, -0.15) is 13.2 Å².